The van der Waals surface area contributed by atoms with Crippen molar-refractivity contribution in [3.05, 3.63) is 35.4 Å². The van der Waals surface area contributed by atoms with Crippen LogP contribution in [0.1, 0.15) is 54.9 Å². The van der Waals surface area contributed by atoms with Crippen molar-refractivity contribution >= 4 is 5.91 Å². The fourth-order valence-corrected chi connectivity index (χ4v) is 2.88. The number of carbonyl (C=O) groups excluding carboxylic acids is 1. The van der Waals surface area contributed by atoms with E-state index in [1.54, 1.807) is 24.3 Å². The summed E-state index contributed by atoms with van der Waals surface area (Å²) in [6.07, 6.45) is 6.08. The molecule has 0 saturated heterocycles. The Labute approximate surface area is 114 Å². The summed E-state index contributed by atoms with van der Waals surface area (Å²) in [4.78, 5) is 12.1. The molecule has 1 aromatic carbocycles. The first-order chi connectivity index (χ1) is 9.19. The molecule has 0 heterocycles. The van der Waals surface area contributed by atoms with E-state index in [2.05, 4.69) is 18.3 Å². The Morgan fingerprint density at radius 2 is 2.16 bits per heavy atom. The first kappa shape index (κ1) is 13.6. The molecule has 0 aromatic heterocycles. The average Bonchev–Trinajstić information content (AvgIpc) is 2.94. The molecule has 1 N–H and O–H groups in total. The highest BCUT2D eigenvalue weighted by Crippen LogP contribution is 2.40. The third-order valence-corrected chi connectivity index (χ3v) is 4.29. The fraction of sp³-hybridized carbons (Fsp3) is 0.500. The minimum Gasteiger partial charge on any atom is -0.351 e. The number of rotatable bonds is 4. The Morgan fingerprint density at radius 3 is 2.79 bits per heavy atom. The van der Waals surface area contributed by atoms with E-state index in [4.69, 9.17) is 5.26 Å². The third-order valence-electron chi connectivity index (χ3n) is 4.29. The molecule has 2 rings (SSSR count). The maximum atomic E-state index is 12.1. The number of nitrogens with one attached hydrogen (secondary N) is 1. The fourth-order valence-electron chi connectivity index (χ4n) is 2.88. The highest BCUT2D eigenvalue weighted by molar-refractivity contribution is 5.94. The molecule has 0 bridgehead atoms. The highest BCUT2D eigenvalue weighted by atomic mass is 16.1. The molecule has 3 heteroatoms. The number of nitriles is 1. The van der Waals surface area contributed by atoms with Gasteiger partial charge in [-0.15, -0.1) is 0 Å². The van der Waals surface area contributed by atoms with Gasteiger partial charge in [-0.1, -0.05) is 25.8 Å². The largest absolute Gasteiger partial charge is 0.351 e. The summed E-state index contributed by atoms with van der Waals surface area (Å²) in [6.45, 7) is 2.95. The van der Waals surface area contributed by atoms with Crippen LogP contribution in [0, 0.1) is 16.7 Å². The van der Waals surface area contributed by atoms with E-state index >= 15 is 0 Å². The van der Waals surface area contributed by atoms with Crippen LogP contribution in [0.3, 0.4) is 0 Å². The molecule has 19 heavy (non-hydrogen) atoms. The molecule has 1 aliphatic rings. The van der Waals surface area contributed by atoms with Crippen LogP contribution in [0.2, 0.25) is 0 Å². The van der Waals surface area contributed by atoms with E-state index in [-0.39, 0.29) is 5.91 Å². The minimum atomic E-state index is -0.0724. The number of benzene rings is 1. The number of amides is 1. The SMILES string of the molecule is CCC1(CNC(=O)c2cccc(C#N)c2)CCCC1. The van der Waals surface area contributed by atoms with Crippen molar-refractivity contribution in [2.24, 2.45) is 5.41 Å². The van der Waals surface area contributed by atoms with Crippen molar-refractivity contribution in [1.82, 2.24) is 5.32 Å². The van der Waals surface area contributed by atoms with Crippen molar-refractivity contribution < 1.29 is 4.79 Å². The van der Waals surface area contributed by atoms with Crippen LogP contribution in [0.5, 0.6) is 0 Å². The summed E-state index contributed by atoms with van der Waals surface area (Å²) in [5, 5.41) is 11.9. The van der Waals surface area contributed by atoms with Gasteiger partial charge in [0.05, 0.1) is 11.6 Å². The summed E-state index contributed by atoms with van der Waals surface area (Å²) in [5.74, 6) is -0.0724. The van der Waals surface area contributed by atoms with E-state index < -0.39 is 0 Å². The molecule has 1 saturated carbocycles. The second-order valence-corrected chi connectivity index (χ2v) is 5.44. The quantitative estimate of drug-likeness (QED) is 0.899. The van der Waals surface area contributed by atoms with Crippen LogP contribution in [0.15, 0.2) is 24.3 Å². The predicted molar refractivity (Wildman–Crippen MR) is 74.7 cm³/mol. The van der Waals surface area contributed by atoms with Gasteiger partial charge in [-0.05, 0) is 42.9 Å². The van der Waals surface area contributed by atoms with Crippen LogP contribution in [0.4, 0.5) is 0 Å². The van der Waals surface area contributed by atoms with Crippen LogP contribution in [0.25, 0.3) is 0 Å². The van der Waals surface area contributed by atoms with E-state index in [0.29, 0.717) is 16.5 Å². The van der Waals surface area contributed by atoms with Crippen molar-refractivity contribution in [2.75, 3.05) is 6.54 Å². The standard InChI is InChI=1S/C16H20N2O/c1-2-16(8-3-4-9-16)12-18-15(19)14-7-5-6-13(10-14)11-17/h5-7,10H,2-4,8-9,12H2,1H3,(H,18,19). The Balaban J connectivity index is 1.99. The zero-order valence-corrected chi connectivity index (χ0v) is 11.4. The Bertz CT molecular complexity index is 496. The van der Waals surface area contributed by atoms with Gasteiger partial charge in [0.25, 0.3) is 5.91 Å². The molecule has 0 spiro atoms. The number of carbonyl (C=O) groups is 1. The van der Waals surface area contributed by atoms with Gasteiger partial charge in [0.2, 0.25) is 0 Å². The lowest BCUT2D eigenvalue weighted by atomic mass is 9.83. The second-order valence-electron chi connectivity index (χ2n) is 5.44. The lowest BCUT2D eigenvalue weighted by molar-refractivity contribution is 0.0928. The lowest BCUT2D eigenvalue weighted by Gasteiger charge is -2.27. The topological polar surface area (TPSA) is 52.9 Å². The molecule has 3 nitrogen and oxygen atoms in total. The Morgan fingerprint density at radius 1 is 1.42 bits per heavy atom. The molecular formula is C16H20N2O. The van der Waals surface area contributed by atoms with Gasteiger partial charge < -0.3 is 5.32 Å². The van der Waals surface area contributed by atoms with Gasteiger partial charge in [-0.25, -0.2) is 0 Å². The van der Waals surface area contributed by atoms with Crippen LogP contribution in [-0.4, -0.2) is 12.5 Å². The molecule has 0 unspecified atom stereocenters. The van der Waals surface area contributed by atoms with Gasteiger partial charge in [0, 0.05) is 12.1 Å². The molecular weight excluding hydrogens is 236 g/mol. The Hall–Kier alpha value is -1.82. The molecule has 1 aromatic rings. The van der Waals surface area contributed by atoms with E-state index in [1.165, 1.54) is 25.7 Å². The number of hydrogen-bond donors (Lipinski definition) is 1. The summed E-state index contributed by atoms with van der Waals surface area (Å²) in [7, 11) is 0. The number of hydrogen-bond acceptors (Lipinski definition) is 2. The molecule has 100 valence electrons. The van der Waals surface area contributed by atoms with Crippen LogP contribution >= 0.6 is 0 Å². The van der Waals surface area contributed by atoms with Crippen molar-refractivity contribution in [2.45, 2.75) is 39.0 Å². The first-order valence-electron chi connectivity index (χ1n) is 6.97. The molecule has 1 fully saturated rings. The molecule has 0 aliphatic heterocycles. The van der Waals surface area contributed by atoms with E-state index in [0.717, 1.165) is 13.0 Å². The zero-order chi connectivity index (χ0) is 13.7. The van der Waals surface area contributed by atoms with Crippen molar-refractivity contribution in [3.8, 4) is 6.07 Å². The maximum Gasteiger partial charge on any atom is 0.251 e. The molecule has 1 aliphatic carbocycles. The molecule has 1 amide bonds. The molecule has 0 radical (unpaired) electrons. The Kier molecular flexibility index (Phi) is 4.21. The summed E-state index contributed by atoms with van der Waals surface area (Å²) in [6, 6.07) is 8.91. The minimum absolute atomic E-state index is 0.0724. The summed E-state index contributed by atoms with van der Waals surface area (Å²) < 4.78 is 0. The predicted octanol–water partition coefficient (Wildman–Crippen LogP) is 3.26. The highest BCUT2D eigenvalue weighted by Gasteiger charge is 2.32. The summed E-state index contributed by atoms with van der Waals surface area (Å²) >= 11 is 0. The maximum absolute atomic E-state index is 12.1. The van der Waals surface area contributed by atoms with E-state index in [1.807, 2.05) is 0 Å². The monoisotopic (exact) mass is 256 g/mol. The average molecular weight is 256 g/mol. The van der Waals surface area contributed by atoms with E-state index in [9.17, 15) is 4.79 Å². The van der Waals surface area contributed by atoms with Crippen LogP contribution in [-0.2, 0) is 0 Å². The van der Waals surface area contributed by atoms with Crippen molar-refractivity contribution in [3.63, 3.8) is 0 Å². The van der Waals surface area contributed by atoms with Gasteiger partial charge >= 0.3 is 0 Å². The molecule has 0 atom stereocenters. The van der Waals surface area contributed by atoms with Gasteiger partial charge in [-0.2, -0.15) is 5.26 Å². The summed E-state index contributed by atoms with van der Waals surface area (Å²) in [5.41, 5.74) is 1.39. The van der Waals surface area contributed by atoms with Gasteiger partial charge in [-0.3, -0.25) is 4.79 Å². The second kappa shape index (κ2) is 5.88. The van der Waals surface area contributed by atoms with Crippen LogP contribution < -0.4 is 5.32 Å². The van der Waals surface area contributed by atoms with Gasteiger partial charge in [0.15, 0.2) is 0 Å². The third kappa shape index (κ3) is 3.14. The van der Waals surface area contributed by atoms with Crippen molar-refractivity contribution in [1.29, 1.82) is 5.26 Å². The lowest BCUT2D eigenvalue weighted by Crippen LogP contribution is -2.35. The first-order valence-corrected chi connectivity index (χ1v) is 6.97. The van der Waals surface area contributed by atoms with Gasteiger partial charge in [0.1, 0.15) is 0 Å². The number of nitrogens with zero attached hydrogens (tertiary/aromatic N) is 1. The smallest absolute Gasteiger partial charge is 0.251 e. The normalized spacial score (nSPS) is 16.8. The zero-order valence-electron chi connectivity index (χ0n) is 11.4.